The van der Waals surface area contributed by atoms with Gasteiger partial charge in [-0.2, -0.15) is 0 Å². The van der Waals surface area contributed by atoms with Crippen LogP contribution >= 0.6 is 18.8 Å². The molecule has 138 valence electrons. The van der Waals surface area contributed by atoms with E-state index in [2.05, 4.69) is 5.43 Å². The van der Waals surface area contributed by atoms with Crippen LogP contribution in [0.1, 0.15) is 52.4 Å². The molecule has 0 aromatic rings. The molecule has 0 radical (unpaired) electrons. The molecule has 0 saturated heterocycles. The van der Waals surface area contributed by atoms with Crippen molar-refractivity contribution in [3.63, 3.8) is 0 Å². The molecular weight excluding hydrogens is 526 g/mol. The van der Waals surface area contributed by atoms with Gasteiger partial charge in [-0.25, -0.2) is 0 Å². The van der Waals surface area contributed by atoms with Gasteiger partial charge in [-0.3, -0.25) is 11.3 Å². The molecule has 0 atom stereocenters. The molecule has 0 amide bonds. The van der Waals surface area contributed by atoms with Crippen LogP contribution in [0.5, 0.6) is 0 Å². The Morgan fingerprint density at radius 1 is 1.00 bits per heavy atom. The van der Waals surface area contributed by atoms with Gasteiger partial charge in [0.2, 0.25) is 0 Å². The van der Waals surface area contributed by atoms with Crippen molar-refractivity contribution in [3.8, 4) is 0 Å². The molecule has 9 heteroatoms. The second-order valence-corrected chi connectivity index (χ2v) is 9.65. The number of carboxylic acid groups (broad SMARTS) is 2. The summed E-state index contributed by atoms with van der Waals surface area (Å²) in [5.41, 5.74) is 3.48. The van der Waals surface area contributed by atoms with Crippen LogP contribution < -0.4 is 21.5 Å². The molecule has 4 rings (SSSR count). The quantitative estimate of drug-likeness (QED) is 0.359. The summed E-state index contributed by atoms with van der Waals surface area (Å²) < 4.78 is 0. The number of hydrogen-bond acceptors (Lipinski definition) is 6. The van der Waals surface area contributed by atoms with Gasteiger partial charge >= 0.3 is 35.3 Å². The van der Waals surface area contributed by atoms with Gasteiger partial charge in [-0.1, -0.05) is 0 Å². The second kappa shape index (κ2) is 11.6. The van der Waals surface area contributed by atoms with Crippen molar-refractivity contribution in [1.29, 1.82) is 0 Å². The van der Waals surface area contributed by atoms with Crippen LogP contribution in [0.15, 0.2) is 0 Å². The number of carbonyl (C=O) groups excluding carboxylic acids is 2. The Hall–Kier alpha value is 0.128. The van der Waals surface area contributed by atoms with Crippen LogP contribution in [-0.2, 0) is 26.1 Å². The third-order valence-electron chi connectivity index (χ3n) is 4.34. The van der Waals surface area contributed by atoms with Gasteiger partial charge in [-0.05, 0) is 70.1 Å². The van der Waals surface area contributed by atoms with E-state index in [9.17, 15) is 0 Å². The Morgan fingerprint density at radius 3 is 1.39 bits per heavy atom. The Balaban J connectivity index is 0.000000371. The van der Waals surface area contributed by atoms with E-state index in [1.807, 2.05) is 0 Å². The SMILES string of the molecule is CC(=O)[O-].CC(=O)[O-].NNC12CC3CC(CC(C3)C1)C2.[Cl][Pt+2][Cl]. The van der Waals surface area contributed by atoms with E-state index < -0.39 is 28.4 Å². The van der Waals surface area contributed by atoms with Crippen LogP contribution in [0, 0.1) is 17.8 Å². The van der Waals surface area contributed by atoms with Gasteiger partial charge in [0.15, 0.2) is 0 Å². The molecule has 4 aliphatic carbocycles. The molecule has 0 aromatic heterocycles. The van der Waals surface area contributed by atoms with Gasteiger partial charge in [0.25, 0.3) is 0 Å². The van der Waals surface area contributed by atoms with E-state index in [4.69, 9.17) is 44.5 Å². The molecule has 6 nitrogen and oxygen atoms in total. The fourth-order valence-electron chi connectivity index (χ4n) is 4.29. The molecule has 0 aliphatic heterocycles. The summed E-state index contributed by atoms with van der Waals surface area (Å²) in [5.74, 6) is 6.53. The van der Waals surface area contributed by atoms with Crippen molar-refractivity contribution in [1.82, 2.24) is 5.43 Å². The zero-order chi connectivity index (χ0) is 18.0. The fraction of sp³-hybridized carbons (Fsp3) is 0.857. The molecule has 4 saturated carbocycles. The van der Waals surface area contributed by atoms with Crippen molar-refractivity contribution in [2.45, 2.75) is 57.9 Å². The van der Waals surface area contributed by atoms with E-state index in [0.29, 0.717) is 5.54 Å². The molecule has 0 aromatic carbocycles. The maximum absolute atomic E-state index is 8.89. The molecule has 4 fully saturated rings. The summed E-state index contributed by atoms with van der Waals surface area (Å²) in [5, 5.41) is 17.8. The Labute approximate surface area is 153 Å². The van der Waals surface area contributed by atoms with Crippen LogP contribution in [0.25, 0.3) is 0 Å². The topological polar surface area (TPSA) is 118 Å². The molecule has 3 N–H and O–H groups in total. The zero-order valence-electron chi connectivity index (χ0n) is 13.3. The number of halogens is 2. The van der Waals surface area contributed by atoms with Crippen LogP contribution in [0.3, 0.4) is 0 Å². The number of nitrogens with one attached hydrogen (secondary N) is 1. The number of nitrogens with two attached hydrogens (primary N) is 1. The van der Waals surface area contributed by atoms with E-state index in [1.165, 1.54) is 38.5 Å². The minimum atomic E-state index is -1.08. The summed E-state index contributed by atoms with van der Waals surface area (Å²) in [6.07, 6.45) is 8.57. The Bertz CT molecular complexity index is 331. The summed E-state index contributed by atoms with van der Waals surface area (Å²) in [6.45, 7) is 1.94. The van der Waals surface area contributed by atoms with Gasteiger partial charge in [0.05, 0.1) is 0 Å². The molecular formula is C14H24Cl2N2O4Pt. The standard InChI is InChI=1S/C10H18N2.2C2H4O2.2ClH.Pt/c11-12-10-4-7-1-8(5-10)3-9(2-7)6-10;2*1-2(3)4;;;/h7-9,12H,1-6,11H2;2*1H3,(H,3,4);2*1H;/q;;;;;+4/p-4. The minimum absolute atomic E-state index is 0.370. The average molecular weight is 550 g/mol. The van der Waals surface area contributed by atoms with E-state index >= 15 is 0 Å². The van der Waals surface area contributed by atoms with Crippen molar-refractivity contribution in [3.05, 3.63) is 0 Å². The Morgan fingerprint density at radius 2 is 1.22 bits per heavy atom. The fourth-order valence-corrected chi connectivity index (χ4v) is 4.29. The van der Waals surface area contributed by atoms with Gasteiger partial charge in [-0.15, -0.1) is 0 Å². The first kappa shape index (κ1) is 23.1. The maximum atomic E-state index is 8.89. The third kappa shape index (κ3) is 9.88. The van der Waals surface area contributed by atoms with Crippen LogP contribution in [0.4, 0.5) is 0 Å². The zero-order valence-corrected chi connectivity index (χ0v) is 17.0. The van der Waals surface area contributed by atoms with Gasteiger partial charge in [0.1, 0.15) is 0 Å². The molecule has 4 aliphatic rings. The summed E-state index contributed by atoms with van der Waals surface area (Å²) in [6, 6.07) is 0. The second-order valence-electron chi connectivity index (χ2n) is 6.37. The van der Waals surface area contributed by atoms with Crippen molar-refractivity contribution < 1.29 is 36.3 Å². The number of hydrazine groups is 1. The van der Waals surface area contributed by atoms with E-state index in [-0.39, 0.29) is 0 Å². The van der Waals surface area contributed by atoms with Crippen molar-refractivity contribution in [2.24, 2.45) is 23.6 Å². The van der Waals surface area contributed by atoms with E-state index in [1.54, 1.807) is 0 Å². The normalized spacial score (nSPS) is 32.5. The molecule has 0 spiro atoms. The molecule has 23 heavy (non-hydrogen) atoms. The number of aliphatic carboxylic acids is 2. The predicted octanol–water partition coefficient (Wildman–Crippen LogP) is 0.307. The van der Waals surface area contributed by atoms with E-state index in [0.717, 1.165) is 31.6 Å². The number of rotatable bonds is 1. The predicted molar refractivity (Wildman–Crippen MR) is 81.3 cm³/mol. The number of hydrogen-bond donors (Lipinski definition) is 2. The molecule has 4 bridgehead atoms. The van der Waals surface area contributed by atoms with Gasteiger partial charge < -0.3 is 19.8 Å². The van der Waals surface area contributed by atoms with Crippen LogP contribution in [-0.4, -0.2) is 17.5 Å². The first-order valence-corrected chi connectivity index (χ1v) is 13.0. The first-order chi connectivity index (χ1) is 10.7. The Kier molecular flexibility index (Phi) is 11.7. The average Bonchev–Trinajstić information content (AvgIpc) is 2.36. The van der Waals surface area contributed by atoms with Crippen LogP contribution in [0.2, 0.25) is 0 Å². The third-order valence-corrected chi connectivity index (χ3v) is 4.34. The van der Waals surface area contributed by atoms with Crippen molar-refractivity contribution in [2.75, 3.05) is 0 Å². The first-order valence-electron chi connectivity index (χ1n) is 7.33. The monoisotopic (exact) mass is 549 g/mol. The van der Waals surface area contributed by atoms with Gasteiger partial charge in [0, 0.05) is 17.5 Å². The number of carbonyl (C=O) groups is 2. The van der Waals surface area contributed by atoms with Crippen molar-refractivity contribution >= 4 is 30.8 Å². The summed E-state index contributed by atoms with van der Waals surface area (Å²) in [4.78, 5) is 17.8. The molecule has 0 heterocycles. The molecule has 0 unspecified atom stereocenters. The number of carboxylic acids is 2. The summed E-state index contributed by atoms with van der Waals surface area (Å²) in [7, 11) is 9.75. The summed E-state index contributed by atoms with van der Waals surface area (Å²) >= 11 is -0.472.